The number of hydrogen-bond donors (Lipinski definition) is 5. The molecule has 0 heterocycles. The first-order valence-electron chi connectivity index (χ1n) is 15.2. The highest BCUT2D eigenvalue weighted by Gasteiger charge is 2.25. The molecule has 250 valence electrons. The summed E-state index contributed by atoms with van der Waals surface area (Å²) >= 11 is 0. The molecule has 0 aromatic heterocycles. The predicted octanol–water partition coefficient (Wildman–Crippen LogP) is 7.15. The van der Waals surface area contributed by atoms with Crippen molar-refractivity contribution in [3.8, 4) is 11.5 Å². The van der Waals surface area contributed by atoms with Gasteiger partial charge in [-0.15, -0.1) is 0 Å². The second-order valence-corrected chi connectivity index (χ2v) is 12.2. The molecule has 48 heavy (non-hydrogen) atoms. The van der Waals surface area contributed by atoms with Gasteiger partial charge in [0.2, 0.25) is 5.91 Å². The molecule has 11 heteroatoms. The van der Waals surface area contributed by atoms with Crippen LogP contribution in [0.2, 0.25) is 0 Å². The number of carboxylic acid groups (broad SMARTS) is 1. The number of rotatable bonds is 11. The summed E-state index contributed by atoms with van der Waals surface area (Å²) < 4.78 is 10.8. The number of carbonyl (C=O) groups excluding carboxylic acids is 3. The fraction of sp³-hybridized carbons (Fsp3) is 0.243. The lowest BCUT2D eigenvalue weighted by molar-refractivity contribution is -0.116. The highest BCUT2D eigenvalue weighted by Crippen LogP contribution is 2.32. The minimum absolute atomic E-state index is 0.114. The second-order valence-electron chi connectivity index (χ2n) is 12.2. The molecule has 11 nitrogen and oxygen atoms in total. The smallest absolute Gasteiger partial charge is 0.335 e. The first kappa shape index (κ1) is 35.0. The molecular weight excluding hydrogens is 612 g/mol. The van der Waals surface area contributed by atoms with Gasteiger partial charge in [-0.2, -0.15) is 0 Å². The van der Waals surface area contributed by atoms with E-state index in [2.05, 4.69) is 21.3 Å². The predicted molar refractivity (Wildman–Crippen MR) is 185 cm³/mol. The quantitative estimate of drug-likeness (QED) is 0.115. The molecule has 0 saturated carbocycles. The van der Waals surface area contributed by atoms with E-state index in [0.29, 0.717) is 39.7 Å². The summed E-state index contributed by atoms with van der Waals surface area (Å²) in [6.45, 7) is 7.51. The zero-order valence-corrected chi connectivity index (χ0v) is 27.8. The number of amides is 4. The van der Waals surface area contributed by atoms with Gasteiger partial charge in [0.15, 0.2) is 11.5 Å². The van der Waals surface area contributed by atoms with Crippen LogP contribution in [0.3, 0.4) is 0 Å². The zero-order valence-electron chi connectivity index (χ0n) is 27.8. The number of methoxy groups -OCH3 is 2. The van der Waals surface area contributed by atoms with E-state index < -0.39 is 29.4 Å². The van der Waals surface area contributed by atoms with E-state index in [-0.39, 0.29) is 23.5 Å². The molecule has 0 aliphatic rings. The molecular formula is C37H40N4O7. The molecule has 4 rings (SSSR count). The summed E-state index contributed by atoms with van der Waals surface area (Å²) in [5.74, 6) is -1.04. The number of para-hydroxylation sites is 1. The van der Waals surface area contributed by atoms with Crippen LogP contribution in [0.1, 0.15) is 70.6 Å². The zero-order chi connectivity index (χ0) is 35.0. The first-order valence-corrected chi connectivity index (χ1v) is 15.2. The minimum atomic E-state index is -1.08. The summed E-state index contributed by atoms with van der Waals surface area (Å²) in [7, 11) is 3.00. The number of carboxylic acids is 1. The maximum Gasteiger partial charge on any atom is 0.335 e. The van der Waals surface area contributed by atoms with Gasteiger partial charge in [0.25, 0.3) is 5.91 Å². The summed E-state index contributed by atoms with van der Waals surface area (Å²) in [4.78, 5) is 51.2. The number of aryl methyl sites for hydroxylation is 1. The van der Waals surface area contributed by atoms with Gasteiger partial charge >= 0.3 is 12.0 Å². The number of aromatic carboxylic acids is 1. The van der Waals surface area contributed by atoms with Crippen molar-refractivity contribution < 1.29 is 33.8 Å². The number of hydrogen-bond acceptors (Lipinski definition) is 6. The largest absolute Gasteiger partial charge is 0.493 e. The van der Waals surface area contributed by atoms with E-state index >= 15 is 0 Å². The molecule has 0 saturated heterocycles. The van der Waals surface area contributed by atoms with Crippen molar-refractivity contribution in [2.45, 2.75) is 45.6 Å². The molecule has 1 unspecified atom stereocenters. The number of carbonyl (C=O) groups is 4. The Morgan fingerprint density at radius 3 is 2.02 bits per heavy atom. The molecule has 0 fully saturated rings. The van der Waals surface area contributed by atoms with Crippen LogP contribution in [-0.4, -0.2) is 43.1 Å². The summed E-state index contributed by atoms with van der Waals surface area (Å²) in [6, 6.07) is 22.4. The minimum Gasteiger partial charge on any atom is -0.493 e. The van der Waals surface area contributed by atoms with Gasteiger partial charge in [0.1, 0.15) is 0 Å². The van der Waals surface area contributed by atoms with Crippen molar-refractivity contribution in [3.05, 3.63) is 113 Å². The summed E-state index contributed by atoms with van der Waals surface area (Å²) in [5, 5.41) is 21.0. The topological polar surface area (TPSA) is 155 Å². The van der Waals surface area contributed by atoms with Gasteiger partial charge in [-0.1, -0.05) is 45.0 Å². The van der Waals surface area contributed by atoms with E-state index in [9.17, 15) is 24.3 Å². The van der Waals surface area contributed by atoms with E-state index in [1.807, 2.05) is 52.0 Å². The summed E-state index contributed by atoms with van der Waals surface area (Å²) in [6.07, 6.45) is -0.139. The van der Waals surface area contributed by atoms with Crippen LogP contribution in [0.5, 0.6) is 11.5 Å². The Balaban J connectivity index is 1.51. The van der Waals surface area contributed by atoms with Crippen molar-refractivity contribution in [3.63, 3.8) is 0 Å². The maximum absolute atomic E-state index is 13.6. The third-order valence-corrected chi connectivity index (χ3v) is 7.64. The van der Waals surface area contributed by atoms with Crippen LogP contribution >= 0.6 is 0 Å². The number of anilines is 3. The third kappa shape index (κ3) is 8.91. The Hall–Kier alpha value is -5.84. The Labute approximate surface area is 279 Å². The number of benzene rings is 4. The van der Waals surface area contributed by atoms with E-state index in [1.165, 1.54) is 26.4 Å². The number of nitrogens with one attached hydrogen (secondary N) is 4. The van der Waals surface area contributed by atoms with Crippen LogP contribution in [-0.2, 0) is 10.2 Å². The van der Waals surface area contributed by atoms with Crippen LogP contribution in [0.25, 0.3) is 0 Å². The molecule has 0 radical (unpaired) electrons. The number of urea groups is 1. The SMILES string of the molecule is COc1ccc(C(CC(=O)Nc2ccc(NC(=O)Nc3ccccc3C)cc2)NC(=O)c2ccc(C(=O)O)c(C(C)(C)C)c2)cc1OC. The molecule has 4 aromatic rings. The molecule has 0 aliphatic carbocycles. The van der Waals surface area contributed by atoms with Crippen LogP contribution in [0.15, 0.2) is 84.9 Å². The average Bonchev–Trinajstić information content (AvgIpc) is 3.05. The molecule has 0 aliphatic heterocycles. The molecule has 0 bridgehead atoms. The van der Waals surface area contributed by atoms with Crippen molar-refractivity contribution in [1.29, 1.82) is 0 Å². The number of ether oxygens (including phenoxy) is 2. The van der Waals surface area contributed by atoms with Crippen molar-refractivity contribution in [2.75, 3.05) is 30.2 Å². The monoisotopic (exact) mass is 652 g/mol. The highest BCUT2D eigenvalue weighted by atomic mass is 16.5. The highest BCUT2D eigenvalue weighted by molar-refractivity contribution is 6.01. The molecule has 1 atom stereocenters. The van der Waals surface area contributed by atoms with Gasteiger partial charge in [0.05, 0.1) is 32.2 Å². The Morgan fingerprint density at radius 2 is 1.42 bits per heavy atom. The van der Waals surface area contributed by atoms with Crippen molar-refractivity contribution in [1.82, 2.24) is 5.32 Å². The van der Waals surface area contributed by atoms with Gasteiger partial charge in [-0.25, -0.2) is 9.59 Å². The van der Waals surface area contributed by atoms with Crippen molar-refractivity contribution >= 4 is 40.9 Å². The van der Waals surface area contributed by atoms with E-state index in [0.717, 1.165) is 5.56 Å². The molecule has 5 N–H and O–H groups in total. The standard InChI is InChI=1S/C37H40N4O7/c1-22-9-7-8-10-29(22)41-36(46)39-26-15-13-25(14-16-26)38-33(42)21-30(23-12-18-31(47-5)32(20-23)48-6)40-34(43)24-11-17-27(35(44)45)28(19-24)37(2,3)4/h7-20,30H,21H2,1-6H3,(H,38,42)(H,40,43)(H,44,45)(H2,39,41,46). The second kappa shape index (κ2) is 15.2. The Kier molecular flexibility index (Phi) is 11.1. The maximum atomic E-state index is 13.6. The van der Waals surface area contributed by atoms with E-state index in [1.54, 1.807) is 48.5 Å². The lowest BCUT2D eigenvalue weighted by Crippen LogP contribution is -2.32. The van der Waals surface area contributed by atoms with Crippen LogP contribution in [0.4, 0.5) is 21.9 Å². The Bertz CT molecular complexity index is 1810. The van der Waals surface area contributed by atoms with E-state index in [4.69, 9.17) is 9.47 Å². The average molecular weight is 653 g/mol. The first-order chi connectivity index (χ1) is 22.8. The molecule has 4 aromatic carbocycles. The third-order valence-electron chi connectivity index (χ3n) is 7.64. The summed E-state index contributed by atoms with van der Waals surface area (Å²) in [5.41, 5.74) is 3.57. The lowest BCUT2D eigenvalue weighted by Gasteiger charge is -2.23. The molecule has 0 spiro atoms. The lowest BCUT2D eigenvalue weighted by atomic mass is 9.82. The normalized spacial score (nSPS) is 11.5. The fourth-order valence-electron chi connectivity index (χ4n) is 5.09. The van der Waals surface area contributed by atoms with Gasteiger partial charge < -0.3 is 35.8 Å². The van der Waals surface area contributed by atoms with Crippen LogP contribution < -0.4 is 30.7 Å². The fourth-order valence-corrected chi connectivity index (χ4v) is 5.09. The van der Waals surface area contributed by atoms with Gasteiger partial charge in [0, 0.05) is 22.6 Å². The van der Waals surface area contributed by atoms with Crippen LogP contribution in [0, 0.1) is 6.92 Å². The van der Waals surface area contributed by atoms with Gasteiger partial charge in [-0.05, 0) is 89.7 Å². The van der Waals surface area contributed by atoms with Crippen molar-refractivity contribution in [2.24, 2.45) is 0 Å². The van der Waals surface area contributed by atoms with Gasteiger partial charge in [-0.3, -0.25) is 9.59 Å². The molecule has 4 amide bonds. The Morgan fingerprint density at radius 1 is 0.771 bits per heavy atom.